The maximum absolute atomic E-state index is 13.6. The van der Waals surface area contributed by atoms with Crippen molar-refractivity contribution in [3.63, 3.8) is 0 Å². The fraction of sp³-hybridized carbons (Fsp3) is 0.633. The smallest absolute Gasteiger partial charge is 0.243 e. The minimum atomic E-state index is -1.04. The lowest BCUT2D eigenvalue weighted by molar-refractivity contribution is -0.133. The molecule has 13 nitrogen and oxygen atoms in total. The van der Waals surface area contributed by atoms with Crippen molar-refractivity contribution < 1.29 is 19.2 Å². The van der Waals surface area contributed by atoms with Crippen LogP contribution >= 0.6 is 0 Å². The molecular formula is C30H51N9O4. The summed E-state index contributed by atoms with van der Waals surface area (Å²) in [6.45, 7) is 0.708. The minimum Gasteiger partial charge on any atom is -0.370 e. The molecule has 4 atom stereocenters. The molecule has 0 spiro atoms. The zero-order valence-corrected chi connectivity index (χ0v) is 25.1. The van der Waals surface area contributed by atoms with Crippen molar-refractivity contribution in [2.75, 3.05) is 13.1 Å². The van der Waals surface area contributed by atoms with Crippen LogP contribution in [0, 0.1) is 5.92 Å². The van der Waals surface area contributed by atoms with E-state index in [1.54, 1.807) is 0 Å². The molecule has 1 aromatic rings. The van der Waals surface area contributed by atoms with Gasteiger partial charge in [0.2, 0.25) is 23.6 Å². The van der Waals surface area contributed by atoms with Crippen LogP contribution in [0.4, 0.5) is 0 Å². The average Bonchev–Trinajstić information content (AvgIpc) is 2.98. The first-order chi connectivity index (χ1) is 20.6. The van der Waals surface area contributed by atoms with E-state index in [2.05, 4.69) is 20.9 Å². The molecule has 0 saturated heterocycles. The summed E-state index contributed by atoms with van der Waals surface area (Å²) in [6.07, 6.45) is 8.45. The van der Waals surface area contributed by atoms with Crippen LogP contribution in [0.5, 0.6) is 0 Å². The highest BCUT2D eigenvalue weighted by molar-refractivity contribution is 5.94. The van der Waals surface area contributed by atoms with Gasteiger partial charge in [-0.1, -0.05) is 62.4 Å². The molecule has 0 aliphatic heterocycles. The summed E-state index contributed by atoms with van der Waals surface area (Å²) in [5.74, 6) is -1.91. The summed E-state index contributed by atoms with van der Waals surface area (Å²) < 4.78 is 0. The van der Waals surface area contributed by atoms with Gasteiger partial charge in [-0.25, -0.2) is 0 Å². The molecule has 1 fully saturated rings. The fourth-order valence-electron chi connectivity index (χ4n) is 5.32. The van der Waals surface area contributed by atoms with Gasteiger partial charge in [0.1, 0.15) is 18.1 Å². The SMILES string of the molecule is NCCCC[C@H](NC(=O)[C@H](Cc1ccccc1)NC(=O)[C@@H](CCCN=C(N)N)NC(=O)[C@@H](N)CC1CCCCC1)C(N)=O. The Kier molecular flexibility index (Phi) is 16.1. The predicted molar refractivity (Wildman–Crippen MR) is 167 cm³/mol. The van der Waals surface area contributed by atoms with E-state index in [4.69, 9.17) is 28.7 Å². The Morgan fingerprint density at radius 1 is 0.791 bits per heavy atom. The average molecular weight is 602 g/mol. The van der Waals surface area contributed by atoms with Gasteiger partial charge < -0.3 is 44.6 Å². The lowest BCUT2D eigenvalue weighted by Crippen LogP contribution is -2.58. The highest BCUT2D eigenvalue weighted by Crippen LogP contribution is 2.27. The second-order valence-electron chi connectivity index (χ2n) is 11.4. The van der Waals surface area contributed by atoms with E-state index in [1.807, 2.05) is 30.3 Å². The first-order valence-electron chi connectivity index (χ1n) is 15.4. The van der Waals surface area contributed by atoms with Gasteiger partial charge in [0.05, 0.1) is 6.04 Å². The quantitative estimate of drug-likeness (QED) is 0.0590. The molecule has 4 amide bonds. The lowest BCUT2D eigenvalue weighted by atomic mass is 9.85. The first kappa shape index (κ1) is 35.5. The molecule has 13 heteroatoms. The van der Waals surface area contributed by atoms with Crippen LogP contribution < -0.4 is 44.6 Å². The maximum Gasteiger partial charge on any atom is 0.243 e. The van der Waals surface area contributed by atoms with Crippen molar-refractivity contribution >= 4 is 29.6 Å². The zero-order valence-electron chi connectivity index (χ0n) is 25.1. The van der Waals surface area contributed by atoms with E-state index in [9.17, 15) is 19.2 Å². The number of nitrogens with two attached hydrogens (primary N) is 5. The van der Waals surface area contributed by atoms with Crippen LogP contribution in [0.3, 0.4) is 0 Å². The molecule has 0 unspecified atom stereocenters. The maximum atomic E-state index is 13.6. The van der Waals surface area contributed by atoms with Crippen molar-refractivity contribution in [3.05, 3.63) is 35.9 Å². The zero-order chi connectivity index (χ0) is 31.6. The third kappa shape index (κ3) is 13.9. The van der Waals surface area contributed by atoms with E-state index >= 15 is 0 Å². The number of carbonyl (C=O) groups excluding carboxylic acids is 4. The van der Waals surface area contributed by atoms with Crippen molar-refractivity contribution in [2.45, 2.75) is 101 Å². The Hall–Kier alpha value is -3.71. The van der Waals surface area contributed by atoms with E-state index in [-0.39, 0.29) is 25.3 Å². The van der Waals surface area contributed by atoms with Gasteiger partial charge in [0.15, 0.2) is 5.96 Å². The summed E-state index contributed by atoms with van der Waals surface area (Å²) in [7, 11) is 0. The summed E-state index contributed by atoms with van der Waals surface area (Å²) in [4.78, 5) is 56.2. The van der Waals surface area contributed by atoms with E-state index in [0.29, 0.717) is 44.6 Å². The van der Waals surface area contributed by atoms with Crippen LogP contribution in [0.15, 0.2) is 35.3 Å². The van der Waals surface area contributed by atoms with Crippen molar-refractivity contribution in [3.8, 4) is 0 Å². The third-order valence-corrected chi connectivity index (χ3v) is 7.75. The molecule has 13 N–H and O–H groups in total. The summed E-state index contributed by atoms with van der Waals surface area (Å²) in [6, 6.07) is 5.45. The fourth-order valence-corrected chi connectivity index (χ4v) is 5.32. The number of unbranched alkanes of at least 4 members (excludes halogenated alkanes) is 1. The standard InChI is InChI=1S/C30H51N9O4/c31-16-8-7-14-23(26(33)40)37-29(43)25(19-21-12-5-2-6-13-21)39-28(42)24(15-9-17-36-30(34)35)38-27(41)22(32)18-20-10-3-1-4-11-20/h2,5-6,12-13,20,22-25H,1,3-4,7-11,14-19,31-32H2,(H2,33,40)(H,37,43)(H,38,41)(H,39,42)(H4,34,35,36)/t22-,23-,24+,25-/m0/s1. The first-order valence-corrected chi connectivity index (χ1v) is 15.4. The summed E-state index contributed by atoms with van der Waals surface area (Å²) >= 11 is 0. The number of hydrogen-bond acceptors (Lipinski definition) is 7. The Labute approximate surface area is 254 Å². The molecule has 43 heavy (non-hydrogen) atoms. The van der Waals surface area contributed by atoms with Gasteiger partial charge in [0.25, 0.3) is 0 Å². The van der Waals surface area contributed by atoms with Crippen LogP contribution in [-0.4, -0.2) is 66.8 Å². The van der Waals surface area contributed by atoms with E-state index in [0.717, 1.165) is 31.2 Å². The Bertz CT molecular complexity index is 1040. The lowest BCUT2D eigenvalue weighted by Gasteiger charge is -2.27. The Balaban J connectivity index is 2.19. The van der Waals surface area contributed by atoms with Crippen LogP contribution in [0.25, 0.3) is 0 Å². The molecule has 2 rings (SSSR count). The number of primary amides is 1. The normalized spacial score (nSPS) is 16.2. The summed E-state index contributed by atoms with van der Waals surface area (Å²) in [5, 5.41) is 8.27. The van der Waals surface area contributed by atoms with E-state index in [1.165, 1.54) is 6.42 Å². The number of carbonyl (C=O) groups is 4. The minimum absolute atomic E-state index is 0.0744. The van der Waals surface area contributed by atoms with Gasteiger partial charge >= 0.3 is 0 Å². The largest absolute Gasteiger partial charge is 0.370 e. The number of guanidine groups is 1. The number of nitrogens with zero attached hydrogens (tertiary/aromatic N) is 1. The van der Waals surface area contributed by atoms with Crippen LogP contribution in [-0.2, 0) is 25.6 Å². The van der Waals surface area contributed by atoms with Crippen molar-refractivity contribution in [1.82, 2.24) is 16.0 Å². The molecule has 1 aliphatic rings. The van der Waals surface area contributed by atoms with Gasteiger partial charge in [-0.3, -0.25) is 24.2 Å². The number of nitrogens with one attached hydrogen (secondary N) is 3. The molecule has 0 aromatic heterocycles. The number of aliphatic imine (C=N–C) groups is 1. The van der Waals surface area contributed by atoms with Gasteiger partial charge in [-0.15, -0.1) is 0 Å². The predicted octanol–water partition coefficient (Wildman–Crippen LogP) is -0.351. The number of rotatable bonds is 19. The molecule has 240 valence electrons. The van der Waals surface area contributed by atoms with Crippen molar-refractivity contribution in [2.24, 2.45) is 39.6 Å². The highest BCUT2D eigenvalue weighted by atomic mass is 16.2. The molecule has 0 heterocycles. The topological polar surface area (TPSA) is 247 Å². The Morgan fingerprint density at radius 3 is 2.02 bits per heavy atom. The second kappa shape index (κ2) is 19.5. The molecule has 1 aliphatic carbocycles. The molecule has 0 radical (unpaired) electrons. The van der Waals surface area contributed by atoms with Crippen molar-refractivity contribution in [1.29, 1.82) is 0 Å². The molecular weight excluding hydrogens is 550 g/mol. The number of hydrogen-bond donors (Lipinski definition) is 8. The highest BCUT2D eigenvalue weighted by Gasteiger charge is 2.30. The number of amides is 4. The van der Waals surface area contributed by atoms with Crippen LogP contribution in [0.1, 0.15) is 76.2 Å². The molecule has 1 saturated carbocycles. The van der Waals surface area contributed by atoms with Gasteiger partial charge in [0, 0.05) is 13.0 Å². The third-order valence-electron chi connectivity index (χ3n) is 7.75. The Morgan fingerprint density at radius 2 is 1.40 bits per heavy atom. The number of benzene rings is 1. The molecule has 1 aromatic carbocycles. The molecule has 0 bridgehead atoms. The van der Waals surface area contributed by atoms with Crippen LogP contribution in [0.2, 0.25) is 0 Å². The van der Waals surface area contributed by atoms with Gasteiger partial charge in [-0.2, -0.15) is 0 Å². The van der Waals surface area contributed by atoms with E-state index < -0.39 is 47.8 Å². The monoisotopic (exact) mass is 601 g/mol. The second-order valence-corrected chi connectivity index (χ2v) is 11.4. The summed E-state index contributed by atoms with van der Waals surface area (Å²) in [5.41, 5.74) is 29.0. The van der Waals surface area contributed by atoms with Gasteiger partial charge in [-0.05, 0) is 56.6 Å².